The molecule has 4 nitrogen and oxygen atoms in total. The third kappa shape index (κ3) is 4.06. The van der Waals surface area contributed by atoms with Crippen LogP contribution in [0.25, 0.3) is 0 Å². The Bertz CT molecular complexity index is 362. The van der Waals surface area contributed by atoms with Crippen molar-refractivity contribution in [2.24, 2.45) is 5.92 Å². The molecule has 0 saturated heterocycles. The molecule has 0 bridgehead atoms. The summed E-state index contributed by atoms with van der Waals surface area (Å²) in [7, 11) is 0. The number of carboxylic acid groups (broad SMARTS) is 1. The van der Waals surface area contributed by atoms with E-state index in [1.54, 1.807) is 6.07 Å². The molecular formula is C11H16N2O2. The van der Waals surface area contributed by atoms with Gasteiger partial charge >= 0.3 is 5.97 Å². The second-order valence-electron chi connectivity index (χ2n) is 4.09. The predicted molar refractivity (Wildman–Crippen MR) is 56.7 cm³/mol. The number of aliphatic carboxylic acids is 1. The molecule has 0 spiro atoms. The van der Waals surface area contributed by atoms with Crippen LogP contribution in [0.15, 0.2) is 6.07 Å². The van der Waals surface area contributed by atoms with Gasteiger partial charge in [-0.1, -0.05) is 13.8 Å². The summed E-state index contributed by atoms with van der Waals surface area (Å²) in [4.78, 5) is 19.1. The summed E-state index contributed by atoms with van der Waals surface area (Å²) in [6.07, 6.45) is 0.753. The summed E-state index contributed by atoms with van der Waals surface area (Å²) < 4.78 is 0. The molecule has 0 aliphatic rings. The van der Waals surface area contributed by atoms with Crippen LogP contribution in [0.1, 0.15) is 31.1 Å². The molecule has 0 radical (unpaired) electrons. The van der Waals surface area contributed by atoms with Crippen LogP contribution in [0, 0.1) is 12.8 Å². The first-order valence-electron chi connectivity index (χ1n) is 5.02. The quantitative estimate of drug-likeness (QED) is 0.816. The fourth-order valence-corrected chi connectivity index (χ4v) is 1.40. The van der Waals surface area contributed by atoms with E-state index in [0.717, 1.165) is 17.9 Å². The van der Waals surface area contributed by atoms with Crippen molar-refractivity contribution < 1.29 is 9.90 Å². The summed E-state index contributed by atoms with van der Waals surface area (Å²) >= 11 is 0. The van der Waals surface area contributed by atoms with Gasteiger partial charge in [0.1, 0.15) is 5.82 Å². The van der Waals surface area contributed by atoms with Gasteiger partial charge in [-0.05, 0) is 18.9 Å². The third-order valence-electron chi connectivity index (χ3n) is 1.88. The number of aromatic nitrogens is 2. The summed E-state index contributed by atoms with van der Waals surface area (Å²) in [6, 6.07) is 1.72. The molecule has 0 aliphatic carbocycles. The first kappa shape index (κ1) is 11.6. The van der Waals surface area contributed by atoms with Crippen molar-refractivity contribution in [2.45, 2.75) is 33.6 Å². The standard InChI is InChI=1S/C11H16N2O2/c1-7(2)4-10-12-8(3)5-9(13-10)6-11(14)15/h5,7H,4,6H2,1-3H3,(H,14,15). The molecule has 1 N–H and O–H groups in total. The van der Waals surface area contributed by atoms with Gasteiger partial charge in [0.25, 0.3) is 0 Å². The molecule has 0 atom stereocenters. The van der Waals surface area contributed by atoms with Crippen LogP contribution in [-0.4, -0.2) is 21.0 Å². The Morgan fingerprint density at radius 3 is 2.67 bits per heavy atom. The highest BCUT2D eigenvalue weighted by Crippen LogP contribution is 2.06. The lowest BCUT2D eigenvalue weighted by Crippen LogP contribution is -2.08. The van der Waals surface area contributed by atoms with Gasteiger partial charge in [-0.25, -0.2) is 9.97 Å². The van der Waals surface area contributed by atoms with E-state index in [9.17, 15) is 4.79 Å². The van der Waals surface area contributed by atoms with E-state index >= 15 is 0 Å². The molecule has 82 valence electrons. The van der Waals surface area contributed by atoms with Crippen molar-refractivity contribution in [1.82, 2.24) is 9.97 Å². The number of hydrogen-bond donors (Lipinski definition) is 1. The van der Waals surface area contributed by atoms with Gasteiger partial charge in [0.05, 0.1) is 12.1 Å². The van der Waals surface area contributed by atoms with E-state index in [2.05, 4.69) is 23.8 Å². The van der Waals surface area contributed by atoms with E-state index in [4.69, 9.17) is 5.11 Å². The highest BCUT2D eigenvalue weighted by atomic mass is 16.4. The lowest BCUT2D eigenvalue weighted by Gasteiger charge is -2.06. The first-order valence-corrected chi connectivity index (χ1v) is 5.02. The third-order valence-corrected chi connectivity index (χ3v) is 1.88. The molecule has 15 heavy (non-hydrogen) atoms. The Balaban J connectivity index is 2.89. The number of nitrogens with zero attached hydrogens (tertiary/aromatic N) is 2. The lowest BCUT2D eigenvalue weighted by molar-refractivity contribution is -0.136. The van der Waals surface area contributed by atoms with Crippen LogP contribution in [0.2, 0.25) is 0 Å². The average molecular weight is 208 g/mol. The van der Waals surface area contributed by atoms with Crippen molar-refractivity contribution in [3.63, 3.8) is 0 Å². The van der Waals surface area contributed by atoms with E-state index in [1.165, 1.54) is 0 Å². The maximum absolute atomic E-state index is 10.6. The SMILES string of the molecule is Cc1cc(CC(=O)O)nc(CC(C)C)n1. The summed E-state index contributed by atoms with van der Waals surface area (Å²) in [5, 5.41) is 8.67. The number of carboxylic acids is 1. The van der Waals surface area contributed by atoms with Gasteiger partial charge in [0.2, 0.25) is 0 Å². The van der Waals surface area contributed by atoms with Crippen molar-refractivity contribution in [1.29, 1.82) is 0 Å². The van der Waals surface area contributed by atoms with Gasteiger partial charge < -0.3 is 5.11 Å². The van der Waals surface area contributed by atoms with Crippen LogP contribution in [0.5, 0.6) is 0 Å². The van der Waals surface area contributed by atoms with Crippen molar-refractivity contribution in [3.8, 4) is 0 Å². The van der Waals surface area contributed by atoms with E-state index < -0.39 is 5.97 Å². The zero-order valence-corrected chi connectivity index (χ0v) is 9.32. The van der Waals surface area contributed by atoms with Crippen LogP contribution in [0.4, 0.5) is 0 Å². The maximum Gasteiger partial charge on any atom is 0.309 e. The zero-order chi connectivity index (χ0) is 11.4. The summed E-state index contributed by atoms with van der Waals surface area (Å²) in [5.41, 5.74) is 1.42. The Labute approximate surface area is 89.4 Å². The van der Waals surface area contributed by atoms with Crippen molar-refractivity contribution >= 4 is 5.97 Å². The minimum atomic E-state index is -0.858. The normalized spacial score (nSPS) is 10.7. The molecule has 1 aromatic rings. The van der Waals surface area contributed by atoms with E-state index in [1.807, 2.05) is 6.92 Å². The summed E-state index contributed by atoms with van der Waals surface area (Å²) in [6.45, 7) is 6.03. The molecule has 0 aromatic carbocycles. The Kier molecular flexibility index (Phi) is 3.77. The molecule has 0 aliphatic heterocycles. The molecule has 1 rings (SSSR count). The van der Waals surface area contributed by atoms with Crippen LogP contribution < -0.4 is 0 Å². The number of carbonyl (C=O) groups is 1. The van der Waals surface area contributed by atoms with Crippen molar-refractivity contribution in [3.05, 3.63) is 23.3 Å². The van der Waals surface area contributed by atoms with Gasteiger partial charge in [0, 0.05) is 12.1 Å². The molecule has 1 heterocycles. The molecular weight excluding hydrogens is 192 g/mol. The van der Waals surface area contributed by atoms with Crippen LogP contribution >= 0.6 is 0 Å². The molecule has 0 saturated carbocycles. The van der Waals surface area contributed by atoms with Gasteiger partial charge in [-0.2, -0.15) is 0 Å². The van der Waals surface area contributed by atoms with Gasteiger partial charge in [-0.15, -0.1) is 0 Å². The maximum atomic E-state index is 10.6. The van der Waals surface area contributed by atoms with Crippen LogP contribution in [0.3, 0.4) is 0 Å². The van der Waals surface area contributed by atoms with Gasteiger partial charge in [0.15, 0.2) is 0 Å². The zero-order valence-electron chi connectivity index (χ0n) is 9.32. The highest BCUT2D eigenvalue weighted by Gasteiger charge is 2.07. The molecule has 4 heteroatoms. The number of aryl methyl sites for hydroxylation is 1. The Morgan fingerprint density at radius 1 is 1.47 bits per heavy atom. The second kappa shape index (κ2) is 4.87. The molecule has 1 aromatic heterocycles. The monoisotopic (exact) mass is 208 g/mol. The fourth-order valence-electron chi connectivity index (χ4n) is 1.40. The largest absolute Gasteiger partial charge is 0.481 e. The van der Waals surface area contributed by atoms with Gasteiger partial charge in [-0.3, -0.25) is 4.79 Å². The van der Waals surface area contributed by atoms with E-state index in [-0.39, 0.29) is 6.42 Å². The minimum Gasteiger partial charge on any atom is -0.481 e. The van der Waals surface area contributed by atoms with Crippen LogP contribution in [-0.2, 0) is 17.6 Å². The Hall–Kier alpha value is -1.45. The second-order valence-corrected chi connectivity index (χ2v) is 4.09. The number of rotatable bonds is 4. The molecule has 0 amide bonds. The number of hydrogen-bond acceptors (Lipinski definition) is 3. The minimum absolute atomic E-state index is 0.0333. The topological polar surface area (TPSA) is 63.1 Å². The van der Waals surface area contributed by atoms with Crippen molar-refractivity contribution in [2.75, 3.05) is 0 Å². The molecule has 0 fully saturated rings. The smallest absolute Gasteiger partial charge is 0.309 e. The molecule has 0 unspecified atom stereocenters. The predicted octanol–water partition coefficient (Wildman–Crippen LogP) is 1.61. The Morgan fingerprint density at radius 2 is 2.13 bits per heavy atom. The average Bonchev–Trinajstić information content (AvgIpc) is 1.98. The summed E-state index contributed by atoms with van der Waals surface area (Å²) in [5.74, 6) is 0.356. The highest BCUT2D eigenvalue weighted by molar-refractivity contribution is 5.69. The fraction of sp³-hybridized carbons (Fsp3) is 0.545. The lowest BCUT2D eigenvalue weighted by atomic mass is 10.1. The van der Waals surface area contributed by atoms with E-state index in [0.29, 0.717) is 11.6 Å². The first-order chi connectivity index (χ1) is 6.97.